The minimum absolute atomic E-state index is 0.124. The zero-order chi connectivity index (χ0) is 31.3. The lowest BCUT2D eigenvalue weighted by Gasteiger charge is -2.25. The summed E-state index contributed by atoms with van der Waals surface area (Å²) in [6, 6.07) is 47.0. The van der Waals surface area contributed by atoms with Gasteiger partial charge in [-0.05, 0) is 52.1 Å². The Morgan fingerprint density at radius 3 is 2.28 bits per heavy atom. The Morgan fingerprint density at radius 1 is 0.660 bits per heavy atom. The highest BCUT2D eigenvalue weighted by Crippen LogP contribution is 2.49. The first kappa shape index (κ1) is 26.3. The molecule has 6 aromatic carbocycles. The summed E-state index contributed by atoms with van der Waals surface area (Å²) in [7, 11) is 0. The minimum atomic E-state index is -0.330. The van der Waals surface area contributed by atoms with Crippen molar-refractivity contribution < 1.29 is 4.42 Å². The molecule has 2 aromatic heterocycles. The number of para-hydroxylation sites is 2. The number of rotatable bonds is 2. The van der Waals surface area contributed by atoms with Gasteiger partial charge in [-0.3, -0.25) is 4.57 Å². The SMILES string of the molecule is CC1(C)c2ccccc2-c2ccc(C3=NC(c4ccccc4)NC(n4c5ccccc5c5ccc6c7ccccc7oc6c54)=N3)cc21. The number of benzene rings is 6. The maximum atomic E-state index is 6.62. The van der Waals surface area contributed by atoms with Crippen LogP contribution in [0.25, 0.3) is 54.9 Å². The molecule has 1 unspecified atom stereocenters. The van der Waals surface area contributed by atoms with Gasteiger partial charge < -0.3 is 9.73 Å². The molecule has 0 spiro atoms. The lowest BCUT2D eigenvalue weighted by molar-refractivity contribution is 0.656. The Hall–Kier alpha value is -5.94. The fraction of sp³-hybridized carbons (Fsp3) is 0.0952. The van der Waals surface area contributed by atoms with E-state index in [9.17, 15) is 0 Å². The highest BCUT2D eigenvalue weighted by Gasteiger charge is 2.36. The van der Waals surface area contributed by atoms with Gasteiger partial charge in [0.25, 0.3) is 0 Å². The first-order valence-corrected chi connectivity index (χ1v) is 16.1. The molecule has 0 fully saturated rings. The largest absolute Gasteiger partial charge is 0.454 e. The van der Waals surface area contributed by atoms with E-state index in [2.05, 4.69) is 139 Å². The van der Waals surface area contributed by atoms with Crippen molar-refractivity contribution in [3.05, 3.63) is 156 Å². The van der Waals surface area contributed by atoms with Gasteiger partial charge in [-0.2, -0.15) is 4.99 Å². The predicted molar refractivity (Wildman–Crippen MR) is 192 cm³/mol. The van der Waals surface area contributed by atoms with Crippen molar-refractivity contribution in [3.8, 4) is 11.1 Å². The van der Waals surface area contributed by atoms with E-state index in [4.69, 9.17) is 14.4 Å². The van der Waals surface area contributed by atoms with Crippen LogP contribution in [-0.4, -0.2) is 16.4 Å². The first-order chi connectivity index (χ1) is 23.1. The van der Waals surface area contributed by atoms with Gasteiger partial charge in [-0.1, -0.05) is 123 Å². The molecule has 0 bridgehead atoms. The van der Waals surface area contributed by atoms with Gasteiger partial charge in [0.05, 0.1) is 5.52 Å². The molecule has 2 aliphatic rings. The molecule has 3 heterocycles. The van der Waals surface area contributed by atoms with Crippen LogP contribution < -0.4 is 5.32 Å². The topological polar surface area (TPSA) is 54.8 Å². The zero-order valence-electron chi connectivity index (χ0n) is 26.0. The van der Waals surface area contributed by atoms with Crippen LogP contribution in [-0.2, 0) is 5.41 Å². The van der Waals surface area contributed by atoms with Crippen molar-refractivity contribution in [2.45, 2.75) is 25.4 Å². The number of hydrogen-bond acceptors (Lipinski definition) is 4. The number of nitrogens with one attached hydrogen (secondary N) is 1. The Morgan fingerprint density at radius 2 is 1.38 bits per heavy atom. The zero-order valence-corrected chi connectivity index (χ0v) is 26.0. The van der Waals surface area contributed by atoms with Crippen molar-refractivity contribution in [2.24, 2.45) is 9.98 Å². The van der Waals surface area contributed by atoms with Gasteiger partial charge in [0.2, 0.25) is 5.96 Å². The molecule has 224 valence electrons. The normalized spacial score (nSPS) is 16.7. The number of aliphatic imine (C=N–C) groups is 2. The summed E-state index contributed by atoms with van der Waals surface area (Å²) in [5.74, 6) is 1.41. The second-order valence-corrected chi connectivity index (χ2v) is 13.1. The van der Waals surface area contributed by atoms with Crippen molar-refractivity contribution in [2.75, 3.05) is 0 Å². The summed E-state index contributed by atoms with van der Waals surface area (Å²) >= 11 is 0. The quantitative estimate of drug-likeness (QED) is 0.213. The molecule has 47 heavy (non-hydrogen) atoms. The van der Waals surface area contributed by atoms with Gasteiger partial charge >= 0.3 is 0 Å². The number of aromatic nitrogens is 1. The maximum absolute atomic E-state index is 6.62. The average Bonchev–Trinajstić information content (AvgIpc) is 3.74. The number of amidine groups is 1. The highest BCUT2D eigenvalue weighted by molar-refractivity contribution is 6.24. The average molecular weight is 607 g/mol. The Bertz CT molecular complexity index is 2640. The van der Waals surface area contributed by atoms with Gasteiger partial charge in [-0.25, -0.2) is 4.99 Å². The molecule has 1 aliphatic heterocycles. The summed E-state index contributed by atoms with van der Waals surface area (Å²) in [5.41, 5.74) is 10.9. The van der Waals surface area contributed by atoms with Crippen molar-refractivity contribution in [1.82, 2.24) is 9.88 Å². The van der Waals surface area contributed by atoms with E-state index in [-0.39, 0.29) is 11.6 Å². The molecule has 10 rings (SSSR count). The second-order valence-electron chi connectivity index (χ2n) is 13.1. The molecule has 5 nitrogen and oxygen atoms in total. The van der Waals surface area contributed by atoms with Crippen LogP contribution in [0.2, 0.25) is 0 Å². The third-order valence-electron chi connectivity index (χ3n) is 10.1. The maximum Gasteiger partial charge on any atom is 0.212 e. The molecule has 5 heteroatoms. The van der Waals surface area contributed by atoms with Crippen LogP contribution in [0.3, 0.4) is 0 Å². The van der Waals surface area contributed by atoms with Crippen LogP contribution >= 0.6 is 0 Å². The van der Waals surface area contributed by atoms with Gasteiger partial charge in [-0.15, -0.1) is 0 Å². The molecule has 1 N–H and O–H groups in total. The summed E-state index contributed by atoms with van der Waals surface area (Å²) in [5, 5.41) is 8.17. The van der Waals surface area contributed by atoms with E-state index in [1.54, 1.807) is 0 Å². The number of nitrogens with zero attached hydrogens (tertiary/aromatic N) is 3. The Labute approximate surface area is 271 Å². The van der Waals surface area contributed by atoms with E-state index in [1.807, 2.05) is 18.2 Å². The smallest absolute Gasteiger partial charge is 0.212 e. The van der Waals surface area contributed by atoms with E-state index in [1.165, 1.54) is 22.3 Å². The number of hydrogen-bond donors (Lipinski definition) is 1. The molecule has 0 saturated heterocycles. The third kappa shape index (κ3) is 3.71. The van der Waals surface area contributed by atoms with Gasteiger partial charge in [0.15, 0.2) is 11.4 Å². The van der Waals surface area contributed by atoms with Crippen molar-refractivity contribution in [1.29, 1.82) is 0 Å². The summed E-state index contributed by atoms with van der Waals surface area (Å²) < 4.78 is 8.85. The highest BCUT2D eigenvalue weighted by atomic mass is 16.3. The van der Waals surface area contributed by atoms with Crippen LogP contribution in [0.5, 0.6) is 0 Å². The molecule has 8 aromatic rings. The number of furan rings is 1. The second kappa shape index (κ2) is 9.54. The van der Waals surface area contributed by atoms with Crippen molar-refractivity contribution >= 4 is 55.5 Å². The van der Waals surface area contributed by atoms with Gasteiger partial charge in [0, 0.05) is 32.5 Å². The standard InChI is InChI=1S/C42H30N4O/c1-42(2)33-17-9-6-14-27(33)28-21-20-26(24-34(28)42)40-43-39(25-12-4-3-5-13-25)44-41(45-40)46-35-18-10-7-15-29(35)31-22-23-32-30-16-8-11-19-36(30)47-38(32)37(31)46/h3-24,39H,1-2H3,(H,43,44,45). The number of fused-ring (bicyclic) bond motifs is 10. The van der Waals surface area contributed by atoms with Gasteiger partial charge in [0.1, 0.15) is 17.3 Å². The van der Waals surface area contributed by atoms with E-state index in [0.717, 1.165) is 54.9 Å². The molecular weight excluding hydrogens is 576 g/mol. The molecule has 0 radical (unpaired) electrons. The fourth-order valence-electron chi connectivity index (χ4n) is 7.78. The Balaban J connectivity index is 1.23. The van der Waals surface area contributed by atoms with E-state index >= 15 is 0 Å². The molecule has 1 aliphatic carbocycles. The first-order valence-electron chi connectivity index (χ1n) is 16.1. The predicted octanol–water partition coefficient (Wildman–Crippen LogP) is 9.95. The van der Waals surface area contributed by atoms with Crippen molar-refractivity contribution in [3.63, 3.8) is 0 Å². The molecule has 1 atom stereocenters. The van der Waals surface area contributed by atoms with Crippen LogP contribution in [0.4, 0.5) is 0 Å². The van der Waals surface area contributed by atoms with Crippen LogP contribution in [0, 0.1) is 0 Å². The van der Waals surface area contributed by atoms with E-state index in [0.29, 0.717) is 11.8 Å². The third-order valence-corrected chi connectivity index (χ3v) is 10.1. The fourth-order valence-corrected chi connectivity index (χ4v) is 7.78. The Kier molecular flexibility index (Phi) is 5.33. The molecule has 0 amide bonds. The molecule has 0 saturated carbocycles. The summed E-state index contributed by atoms with van der Waals surface area (Å²) in [6.45, 7) is 4.62. The summed E-state index contributed by atoms with van der Waals surface area (Å²) in [6.07, 6.45) is -0.330. The van der Waals surface area contributed by atoms with E-state index < -0.39 is 0 Å². The summed E-state index contributed by atoms with van der Waals surface area (Å²) in [4.78, 5) is 10.6. The molecular formula is C42H30N4O. The van der Waals surface area contributed by atoms with Crippen LogP contribution in [0.15, 0.2) is 148 Å². The van der Waals surface area contributed by atoms with Crippen LogP contribution in [0.1, 0.15) is 42.3 Å². The minimum Gasteiger partial charge on any atom is -0.454 e. The lowest BCUT2D eigenvalue weighted by atomic mass is 9.82. The lowest BCUT2D eigenvalue weighted by Crippen LogP contribution is -2.37. The monoisotopic (exact) mass is 606 g/mol.